The van der Waals surface area contributed by atoms with Crippen LogP contribution in [0.15, 0.2) is 46.3 Å². The molecule has 9 heteroatoms. The number of hydrogen-bond donors (Lipinski definition) is 1. The largest absolute Gasteiger partial charge is 0.323 e. The molecule has 3 rings (SSSR count). The molecule has 1 amide bonds. The fourth-order valence-electron chi connectivity index (χ4n) is 2.61. The predicted molar refractivity (Wildman–Crippen MR) is 112 cm³/mol. The second kappa shape index (κ2) is 8.94. The molecule has 0 radical (unpaired) electrons. The Hall–Kier alpha value is -2.09. The summed E-state index contributed by atoms with van der Waals surface area (Å²) in [6.07, 6.45) is 0.730. The van der Waals surface area contributed by atoms with Crippen molar-refractivity contribution in [1.29, 1.82) is 0 Å². The third-order valence-electron chi connectivity index (χ3n) is 3.86. The SMILES string of the molecule is CCCn1c(SCC(=O)Nc2cc(Cl)ccc2F)nc2cc(Cl)ccc2c1=O. The molecular weight excluding hydrogens is 424 g/mol. The van der Waals surface area contributed by atoms with Crippen LogP contribution in [0.5, 0.6) is 0 Å². The summed E-state index contributed by atoms with van der Waals surface area (Å²) in [5.41, 5.74) is 0.281. The van der Waals surface area contributed by atoms with Crippen LogP contribution in [0.1, 0.15) is 13.3 Å². The van der Waals surface area contributed by atoms with Crippen molar-refractivity contribution in [2.45, 2.75) is 25.0 Å². The molecule has 5 nitrogen and oxygen atoms in total. The number of thioether (sulfide) groups is 1. The van der Waals surface area contributed by atoms with Crippen molar-refractivity contribution >= 4 is 57.5 Å². The molecule has 0 saturated heterocycles. The van der Waals surface area contributed by atoms with Crippen LogP contribution in [-0.4, -0.2) is 21.2 Å². The van der Waals surface area contributed by atoms with E-state index in [0.29, 0.717) is 32.6 Å². The van der Waals surface area contributed by atoms with E-state index in [2.05, 4.69) is 10.3 Å². The van der Waals surface area contributed by atoms with Gasteiger partial charge in [-0.2, -0.15) is 0 Å². The van der Waals surface area contributed by atoms with Gasteiger partial charge in [0.1, 0.15) is 5.82 Å². The molecule has 2 aromatic carbocycles. The van der Waals surface area contributed by atoms with E-state index >= 15 is 0 Å². The fourth-order valence-corrected chi connectivity index (χ4v) is 3.78. The molecule has 0 saturated carbocycles. The number of nitrogens with zero attached hydrogens (tertiary/aromatic N) is 2. The molecule has 28 heavy (non-hydrogen) atoms. The first kappa shape index (κ1) is 20.6. The van der Waals surface area contributed by atoms with E-state index in [1.54, 1.807) is 18.2 Å². The van der Waals surface area contributed by atoms with Gasteiger partial charge in [-0.1, -0.05) is 41.9 Å². The van der Waals surface area contributed by atoms with E-state index < -0.39 is 11.7 Å². The van der Waals surface area contributed by atoms with E-state index in [-0.39, 0.29) is 17.0 Å². The lowest BCUT2D eigenvalue weighted by Gasteiger charge is -2.12. The minimum absolute atomic E-state index is 0.00213. The third-order valence-corrected chi connectivity index (χ3v) is 5.31. The Labute approximate surface area is 174 Å². The lowest BCUT2D eigenvalue weighted by Crippen LogP contribution is -2.24. The number of carbonyl (C=O) groups is 1. The van der Waals surface area contributed by atoms with Gasteiger partial charge in [0.05, 0.1) is 22.3 Å². The van der Waals surface area contributed by atoms with Crippen molar-refractivity contribution in [3.63, 3.8) is 0 Å². The molecule has 0 fully saturated rings. The van der Waals surface area contributed by atoms with Gasteiger partial charge in [-0.15, -0.1) is 0 Å². The van der Waals surface area contributed by atoms with Gasteiger partial charge in [0, 0.05) is 16.6 Å². The molecule has 1 N–H and O–H groups in total. The number of halogens is 3. The highest BCUT2D eigenvalue weighted by Gasteiger charge is 2.14. The van der Waals surface area contributed by atoms with E-state index in [4.69, 9.17) is 23.2 Å². The van der Waals surface area contributed by atoms with Gasteiger partial charge in [0.15, 0.2) is 5.16 Å². The van der Waals surface area contributed by atoms with Crippen LogP contribution in [0.2, 0.25) is 10.0 Å². The average molecular weight is 440 g/mol. The van der Waals surface area contributed by atoms with Gasteiger partial charge in [0.2, 0.25) is 5.91 Å². The summed E-state index contributed by atoms with van der Waals surface area (Å²) in [6, 6.07) is 8.81. The van der Waals surface area contributed by atoms with Crippen molar-refractivity contribution in [3.05, 3.63) is 62.6 Å². The second-order valence-electron chi connectivity index (χ2n) is 5.97. The highest BCUT2D eigenvalue weighted by molar-refractivity contribution is 7.99. The van der Waals surface area contributed by atoms with Crippen LogP contribution in [0, 0.1) is 5.82 Å². The van der Waals surface area contributed by atoms with Gasteiger partial charge in [-0.3, -0.25) is 14.2 Å². The van der Waals surface area contributed by atoms with Gasteiger partial charge in [-0.05, 0) is 42.8 Å². The number of amides is 1. The number of aromatic nitrogens is 2. The van der Waals surface area contributed by atoms with Crippen LogP contribution in [0.3, 0.4) is 0 Å². The van der Waals surface area contributed by atoms with Crippen LogP contribution in [0.25, 0.3) is 10.9 Å². The van der Waals surface area contributed by atoms with E-state index in [9.17, 15) is 14.0 Å². The number of anilines is 1. The Balaban J connectivity index is 1.84. The Bertz CT molecular complexity index is 1100. The van der Waals surface area contributed by atoms with E-state index in [0.717, 1.165) is 18.2 Å². The molecular formula is C19H16Cl2FN3O2S. The lowest BCUT2D eigenvalue weighted by atomic mass is 10.2. The number of benzene rings is 2. The summed E-state index contributed by atoms with van der Waals surface area (Å²) in [4.78, 5) is 29.5. The van der Waals surface area contributed by atoms with E-state index in [1.807, 2.05) is 6.92 Å². The molecule has 0 aliphatic carbocycles. The predicted octanol–water partition coefficient (Wildman–Crippen LogP) is 4.98. The van der Waals surface area contributed by atoms with Gasteiger partial charge in [-0.25, -0.2) is 9.37 Å². The van der Waals surface area contributed by atoms with Crippen LogP contribution in [0.4, 0.5) is 10.1 Å². The second-order valence-corrected chi connectivity index (χ2v) is 7.79. The number of nitrogens with one attached hydrogen (secondary N) is 1. The summed E-state index contributed by atoms with van der Waals surface area (Å²) in [6.45, 7) is 2.42. The Kier molecular flexibility index (Phi) is 6.59. The Morgan fingerprint density at radius 1 is 1.21 bits per heavy atom. The first-order valence-corrected chi connectivity index (χ1v) is 10.2. The molecule has 1 heterocycles. The number of fused-ring (bicyclic) bond motifs is 1. The molecule has 1 aromatic heterocycles. The third kappa shape index (κ3) is 4.66. The zero-order valence-corrected chi connectivity index (χ0v) is 17.2. The minimum atomic E-state index is -0.580. The molecule has 0 aliphatic rings. The monoisotopic (exact) mass is 439 g/mol. The smallest absolute Gasteiger partial charge is 0.262 e. The van der Waals surface area contributed by atoms with Crippen molar-refractivity contribution in [2.75, 3.05) is 11.1 Å². The number of rotatable bonds is 6. The first-order valence-electron chi connectivity index (χ1n) is 8.47. The van der Waals surface area contributed by atoms with Crippen LogP contribution >= 0.6 is 35.0 Å². The topological polar surface area (TPSA) is 64.0 Å². The van der Waals surface area contributed by atoms with Crippen molar-refractivity contribution in [1.82, 2.24) is 9.55 Å². The normalized spacial score (nSPS) is 11.0. The summed E-state index contributed by atoms with van der Waals surface area (Å²) in [5, 5.41) is 4.13. The fraction of sp³-hybridized carbons (Fsp3) is 0.211. The van der Waals surface area contributed by atoms with Crippen LogP contribution in [-0.2, 0) is 11.3 Å². The van der Waals surface area contributed by atoms with Gasteiger partial charge < -0.3 is 5.32 Å². The number of hydrogen-bond acceptors (Lipinski definition) is 4. The zero-order valence-electron chi connectivity index (χ0n) is 14.8. The highest BCUT2D eigenvalue weighted by atomic mass is 35.5. The van der Waals surface area contributed by atoms with Crippen LogP contribution < -0.4 is 10.9 Å². The quantitative estimate of drug-likeness (QED) is 0.434. The summed E-state index contributed by atoms with van der Waals surface area (Å²) in [7, 11) is 0. The maximum absolute atomic E-state index is 13.8. The van der Waals surface area contributed by atoms with E-state index in [1.165, 1.54) is 22.8 Å². The minimum Gasteiger partial charge on any atom is -0.323 e. The molecule has 3 aromatic rings. The summed E-state index contributed by atoms with van der Waals surface area (Å²) >= 11 is 12.9. The molecule has 0 spiro atoms. The standard InChI is InChI=1S/C19H16Cl2FN3O2S/c1-2-7-25-18(27)13-5-3-11(20)8-15(13)24-19(25)28-10-17(26)23-16-9-12(21)4-6-14(16)22/h3-6,8-9H,2,7,10H2,1H3,(H,23,26). The molecule has 0 aliphatic heterocycles. The Morgan fingerprint density at radius 2 is 1.93 bits per heavy atom. The Morgan fingerprint density at radius 3 is 2.68 bits per heavy atom. The van der Waals surface area contributed by atoms with Gasteiger partial charge in [0.25, 0.3) is 5.56 Å². The molecule has 0 bridgehead atoms. The highest BCUT2D eigenvalue weighted by Crippen LogP contribution is 2.23. The molecule has 0 unspecified atom stereocenters. The lowest BCUT2D eigenvalue weighted by molar-refractivity contribution is -0.113. The maximum atomic E-state index is 13.8. The number of carbonyl (C=O) groups excluding carboxylic acids is 1. The molecule has 146 valence electrons. The maximum Gasteiger partial charge on any atom is 0.262 e. The summed E-state index contributed by atoms with van der Waals surface area (Å²) < 4.78 is 15.3. The first-order chi connectivity index (χ1) is 13.4. The van der Waals surface area contributed by atoms with Gasteiger partial charge >= 0.3 is 0 Å². The molecule has 0 atom stereocenters. The average Bonchev–Trinajstić information content (AvgIpc) is 2.65. The van der Waals surface area contributed by atoms with Crippen molar-refractivity contribution < 1.29 is 9.18 Å². The zero-order chi connectivity index (χ0) is 20.3. The van der Waals surface area contributed by atoms with Crippen molar-refractivity contribution in [2.24, 2.45) is 0 Å². The summed E-state index contributed by atoms with van der Waals surface area (Å²) in [5.74, 6) is -1.06. The van der Waals surface area contributed by atoms with Crippen molar-refractivity contribution in [3.8, 4) is 0 Å².